The van der Waals surface area contributed by atoms with Gasteiger partial charge in [0.05, 0.1) is 5.52 Å². The first-order valence-electron chi connectivity index (χ1n) is 17.9. The van der Waals surface area contributed by atoms with Crippen molar-refractivity contribution in [2.45, 2.75) is 0 Å². The SMILES string of the molecule is c1ccc(-n2c3ccccc3c3c4cc(-c5c6ccccc6c(-c6ccc(-c7cccc8ccccc78)cc6)c6ccccc56)ccc4sc32)cc1. The van der Waals surface area contributed by atoms with Crippen LogP contribution in [0.25, 0.3) is 103 Å². The van der Waals surface area contributed by atoms with Crippen LogP contribution < -0.4 is 0 Å². The fourth-order valence-electron chi connectivity index (χ4n) is 8.52. The first kappa shape index (κ1) is 29.3. The predicted molar refractivity (Wildman–Crippen MR) is 225 cm³/mol. The first-order chi connectivity index (χ1) is 25.8. The Morgan fingerprint density at radius 3 is 1.62 bits per heavy atom. The van der Waals surface area contributed by atoms with E-state index in [1.54, 1.807) is 0 Å². The Labute approximate surface area is 305 Å². The van der Waals surface area contributed by atoms with Crippen molar-refractivity contribution in [2.24, 2.45) is 0 Å². The minimum Gasteiger partial charge on any atom is -0.301 e. The lowest BCUT2D eigenvalue weighted by atomic mass is 9.85. The van der Waals surface area contributed by atoms with E-state index in [2.05, 4.69) is 193 Å². The van der Waals surface area contributed by atoms with Crippen molar-refractivity contribution < 1.29 is 0 Å². The molecule has 0 atom stereocenters. The van der Waals surface area contributed by atoms with Crippen LogP contribution in [-0.2, 0) is 0 Å². The third-order valence-corrected chi connectivity index (χ3v) is 12.0. The molecule has 0 aliphatic rings. The minimum absolute atomic E-state index is 1.19. The topological polar surface area (TPSA) is 4.93 Å². The van der Waals surface area contributed by atoms with Crippen LogP contribution in [0.3, 0.4) is 0 Å². The molecule has 2 aromatic heterocycles. The fourth-order valence-corrected chi connectivity index (χ4v) is 9.76. The zero-order valence-electron chi connectivity index (χ0n) is 28.3. The number of para-hydroxylation sites is 2. The van der Waals surface area contributed by atoms with E-state index < -0.39 is 0 Å². The summed E-state index contributed by atoms with van der Waals surface area (Å²) in [4.78, 5) is 1.29. The Morgan fingerprint density at radius 2 is 0.904 bits per heavy atom. The van der Waals surface area contributed by atoms with E-state index in [1.807, 2.05) is 11.3 Å². The summed E-state index contributed by atoms with van der Waals surface area (Å²) < 4.78 is 3.74. The molecule has 0 N–H and O–H groups in total. The Kier molecular flexibility index (Phi) is 6.49. The first-order valence-corrected chi connectivity index (χ1v) is 18.7. The molecule has 0 bridgehead atoms. The summed E-state index contributed by atoms with van der Waals surface area (Å²) in [6, 6.07) is 69.1. The smallest absolute Gasteiger partial charge is 0.109 e. The van der Waals surface area contributed by atoms with E-state index in [1.165, 1.54) is 103 Å². The lowest BCUT2D eigenvalue weighted by Crippen LogP contribution is -1.91. The van der Waals surface area contributed by atoms with Crippen molar-refractivity contribution in [3.63, 3.8) is 0 Å². The van der Waals surface area contributed by atoms with Gasteiger partial charge in [-0.2, -0.15) is 0 Å². The van der Waals surface area contributed by atoms with Gasteiger partial charge >= 0.3 is 0 Å². The number of benzene rings is 9. The minimum atomic E-state index is 1.19. The Hall–Kier alpha value is -6.48. The van der Waals surface area contributed by atoms with Crippen LogP contribution in [0, 0.1) is 0 Å². The van der Waals surface area contributed by atoms with E-state index in [4.69, 9.17) is 0 Å². The maximum atomic E-state index is 2.45. The molecule has 0 aliphatic carbocycles. The maximum Gasteiger partial charge on any atom is 0.109 e. The van der Waals surface area contributed by atoms with Crippen molar-refractivity contribution in [3.8, 4) is 39.1 Å². The molecule has 2 heterocycles. The highest BCUT2D eigenvalue weighted by Gasteiger charge is 2.20. The molecular weight excluding hydrogens is 647 g/mol. The van der Waals surface area contributed by atoms with Gasteiger partial charge in [0.1, 0.15) is 4.83 Å². The average Bonchev–Trinajstić information content (AvgIpc) is 3.74. The van der Waals surface area contributed by atoms with Crippen LogP contribution in [0.1, 0.15) is 0 Å². The lowest BCUT2D eigenvalue weighted by molar-refractivity contribution is 1.19. The molecule has 0 amide bonds. The van der Waals surface area contributed by atoms with E-state index in [0.717, 1.165) is 0 Å². The summed E-state index contributed by atoms with van der Waals surface area (Å²) in [5, 5.41) is 11.6. The summed E-state index contributed by atoms with van der Waals surface area (Å²) in [5.41, 5.74) is 9.97. The summed E-state index contributed by atoms with van der Waals surface area (Å²) in [7, 11) is 0. The monoisotopic (exact) mass is 677 g/mol. The lowest BCUT2D eigenvalue weighted by Gasteiger charge is -2.18. The molecule has 0 saturated carbocycles. The van der Waals surface area contributed by atoms with Crippen LogP contribution in [0.4, 0.5) is 0 Å². The molecule has 0 fully saturated rings. The number of hydrogen-bond acceptors (Lipinski definition) is 1. The summed E-state index contributed by atoms with van der Waals surface area (Å²) in [6.07, 6.45) is 0. The summed E-state index contributed by atoms with van der Waals surface area (Å²) in [6.45, 7) is 0. The van der Waals surface area contributed by atoms with E-state index in [-0.39, 0.29) is 0 Å². The molecule has 52 heavy (non-hydrogen) atoms. The van der Waals surface area contributed by atoms with Gasteiger partial charge in [0.2, 0.25) is 0 Å². The van der Waals surface area contributed by atoms with Gasteiger partial charge in [-0.25, -0.2) is 0 Å². The maximum absolute atomic E-state index is 2.45. The van der Waals surface area contributed by atoms with Gasteiger partial charge in [-0.15, -0.1) is 11.3 Å². The molecule has 1 nitrogen and oxygen atoms in total. The molecular formula is C50H31NS. The molecule has 11 aromatic rings. The second-order valence-electron chi connectivity index (χ2n) is 13.6. The van der Waals surface area contributed by atoms with Gasteiger partial charge in [0.25, 0.3) is 0 Å². The van der Waals surface area contributed by atoms with Crippen LogP contribution in [-0.4, -0.2) is 4.57 Å². The van der Waals surface area contributed by atoms with Crippen LogP contribution in [0.2, 0.25) is 0 Å². The average molecular weight is 678 g/mol. The number of thiophene rings is 1. The normalized spacial score (nSPS) is 11.8. The van der Waals surface area contributed by atoms with Crippen molar-refractivity contribution in [3.05, 3.63) is 188 Å². The summed E-state index contributed by atoms with van der Waals surface area (Å²) in [5.74, 6) is 0. The molecule has 0 saturated heterocycles. The standard InChI is InChI=1S/C50H31NS/c1-2-15-36(16-3-1)51-45-24-11-10-22-43(45)49-44-31-35(29-30-46(44)52-50(49)51)48-41-20-8-6-18-39(41)47(40-19-7-9-21-42(40)48)34-27-25-33(26-28-34)38-23-12-14-32-13-4-5-17-37(32)38/h1-31H. The van der Waals surface area contributed by atoms with Crippen LogP contribution >= 0.6 is 11.3 Å². The Balaban J connectivity index is 1.13. The van der Waals surface area contributed by atoms with Gasteiger partial charge in [-0.05, 0) is 96.0 Å². The van der Waals surface area contributed by atoms with Gasteiger partial charge in [-0.3, -0.25) is 0 Å². The molecule has 0 unspecified atom stereocenters. The second-order valence-corrected chi connectivity index (χ2v) is 14.7. The highest BCUT2D eigenvalue weighted by atomic mass is 32.1. The largest absolute Gasteiger partial charge is 0.301 e. The predicted octanol–water partition coefficient (Wildman–Crippen LogP) is 14.5. The fraction of sp³-hybridized carbons (Fsp3) is 0. The molecule has 9 aromatic carbocycles. The van der Waals surface area contributed by atoms with Crippen molar-refractivity contribution >= 4 is 74.9 Å². The molecule has 0 aliphatic heterocycles. The highest BCUT2D eigenvalue weighted by molar-refractivity contribution is 7.25. The second kappa shape index (κ2) is 11.5. The molecule has 0 spiro atoms. The molecule has 2 heteroatoms. The Bertz CT molecular complexity index is 3100. The third kappa shape index (κ3) is 4.35. The zero-order chi connectivity index (χ0) is 34.2. The third-order valence-electron chi connectivity index (χ3n) is 10.8. The number of hydrogen-bond donors (Lipinski definition) is 0. The van der Waals surface area contributed by atoms with Crippen LogP contribution in [0.15, 0.2) is 188 Å². The molecule has 0 radical (unpaired) electrons. The quantitative estimate of drug-likeness (QED) is 0.163. The number of aromatic nitrogens is 1. The van der Waals surface area contributed by atoms with Gasteiger partial charge < -0.3 is 4.57 Å². The summed E-state index contributed by atoms with van der Waals surface area (Å²) >= 11 is 1.88. The van der Waals surface area contributed by atoms with Crippen LogP contribution in [0.5, 0.6) is 0 Å². The molecule has 11 rings (SSSR count). The van der Waals surface area contributed by atoms with Gasteiger partial charge in [0.15, 0.2) is 0 Å². The highest BCUT2D eigenvalue weighted by Crippen LogP contribution is 2.47. The van der Waals surface area contributed by atoms with E-state index >= 15 is 0 Å². The van der Waals surface area contributed by atoms with Crippen molar-refractivity contribution in [2.75, 3.05) is 0 Å². The van der Waals surface area contributed by atoms with Crippen molar-refractivity contribution in [1.29, 1.82) is 0 Å². The molecule has 242 valence electrons. The van der Waals surface area contributed by atoms with E-state index in [9.17, 15) is 0 Å². The van der Waals surface area contributed by atoms with E-state index in [0.29, 0.717) is 0 Å². The van der Waals surface area contributed by atoms with Gasteiger partial charge in [-0.1, -0.05) is 158 Å². The Morgan fingerprint density at radius 1 is 0.365 bits per heavy atom. The zero-order valence-corrected chi connectivity index (χ0v) is 29.1. The number of nitrogens with zero attached hydrogens (tertiary/aromatic N) is 1. The number of fused-ring (bicyclic) bond motifs is 8. The number of rotatable bonds is 4. The van der Waals surface area contributed by atoms with Crippen molar-refractivity contribution in [1.82, 2.24) is 4.57 Å². The van der Waals surface area contributed by atoms with Gasteiger partial charge in [0, 0.05) is 26.5 Å².